The molecule has 0 aliphatic rings. The molecule has 0 spiro atoms. The van der Waals surface area contributed by atoms with Gasteiger partial charge in [-0.1, -0.05) is 13.3 Å². The van der Waals surface area contributed by atoms with E-state index < -0.39 is 0 Å². The van der Waals surface area contributed by atoms with Crippen molar-refractivity contribution < 1.29 is 4.74 Å². The standard InChI is InChI=1S/C16H29N3O/c1-6-7-14-10-13(12-18-16(2,3)4)11-15(19-14)17-8-9-20-5/h10-11,18H,6-9,12H2,1-5H3,(H,17,19). The van der Waals surface area contributed by atoms with Gasteiger partial charge in [-0.25, -0.2) is 4.98 Å². The summed E-state index contributed by atoms with van der Waals surface area (Å²) in [4.78, 5) is 4.64. The molecule has 1 rings (SSSR count). The van der Waals surface area contributed by atoms with Gasteiger partial charge in [0.05, 0.1) is 6.61 Å². The van der Waals surface area contributed by atoms with Gasteiger partial charge in [0.25, 0.3) is 0 Å². The van der Waals surface area contributed by atoms with Crippen LogP contribution in [0, 0.1) is 0 Å². The normalized spacial score (nSPS) is 11.7. The first-order chi connectivity index (χ1) is 9.44. The van der Waals surface area contributed by atoms with E-state index >= 15 is 0 Å². The lowest BCUT2D eigenvalue weighted by molar-refractivity contribution is 0.210. The molecule has 0 unspecified atom stereocenters. The third-order valence-electron chi connectivity index (χ3n) is 2.88. The first kappa shape index (κ1) is 16.9. The van der Waals surface area contributed by atoms with Crippen molar-refractivity contribution in [3.63, 3.8) is 0 Å². The molecule has 4 heteroatoms. The molecule has 0 saturated carbocycles. The van der Waals surface area contributed by atoms with Crippen LogP contribution in [0.5, 0.6) is 0 Å². The molecule has 0 aromatic carbocycles. The number of ether oxygens (including phenoxy) is 1. The van der Waals surface area contributed by atoms with Crippen LogP contribution >= 0.6 is 0 Å². The van der Waals surface area contributed by atoms with Crippen LogP contribution in [-0.2, 0) is 17.7 Å². The third-order valence-corrected chi connectivity index (χ3v) is 2.88. The van der Waals surface area contributed by atoms with Gasteiger partial charge in [-0.05, 0) is 44.9 Å². The quantitative estimate of drug-likeness (QED) is 0.718. The highest BCUT2D eigenvalue weighted by Crippen LogP contribution is 2.13. The van der Waals surface area contributed by atoms with E-state index in [2.05, 4.69) is 55.4 Å². The fourth-order valence-corrected chi connectivity index (χ4v) is 1.88. The molecule has 0 aliphatic heterocycles. The number of methoxy groups -OCH3 is 1. The van der Waals surface area contributed by atoms with Crippen LogP contribution in [0.4, 0.5) is 5.82 Å². The number of nitrogens with one attached hydrogen (secondary N) is 2. The van der Waals surface area contributed by atoms with Gasteiger partial charge < -0.3 is 15.4 Å². The van der Waals surface area contributed by atoms with Crippen molar-refractivity contribution in [1.29, 1.82) is 0 Å². The molecule has 0 amide bonds. The Labute approximate surface area is 123 Å². The van der Waals surface area contributed by atoms with Crippen molar-refractivity contribution in [3.8, 4) is 0 Å². The highest BCUT2D eigenvalue weighted by molar-refractivity contribution is 5.40. The summed E-state index contributed by atoms with van der Waals surface area (Å²) in [5.74, 6) is 0.943. The van der Waals surface area contributed by atoms with Gasteiger partial charge in [0.1, 0.15) is 5.82 Å². The Kier molecular flexibility index (Phi) is 6.96. The first-order valence-corrected chi connectivity index (χ1v) is 7.42. The number of hydrogen-bond donors (Lipinski definition) is 2. The molecule has 0 radical (unpaired) electrons. The van der Waals surface area contributed by atoms with Crippen molar-refractivity contribution in [2.75, 3.05) is 25.6 Å². The van der Waals surface area contributed by atoms with Crippen LogP contribution in [-0.4, -0.2) is 30.8 Å². The lowest BCUT2D eigenvalue weighted by Crippen LogP contribution is -2.35. The second-order valence-corrected chi connectivity index (χ2v) is 6.13. The monoisotopic (exact) mass is 279 g/mol. The number of nitrogens with zero attached hydrogens (tertiary/aromatic N) is 1. The lowest BCUT2D eigenvalue weighted by Gasteiger charge is -2.21. The predicted octanol–water partition coefficient (Wildman–Crippen LogP) is 2.98. The van der Waals surface area contributed by atoms with Crippen LogP contribution < -0.4 is 10.6 Å². The highest BCUT2D eigenvalue weighted by atomic mass is 16.5. The number of aryl methyl sites for hydroxylation is 1. The summed E-state index contributed by atoms with van der Waals surface area (Å²) in [6, 6.07) is 4.32. The van der Waals surface area contributed by atoms with E-state index in [0.717, 1.165) is 37.4 Å². The van der Waals surface area contributed by atoms with Crippen LogP contribution in [0.15, 0.2) is 12.1 Å². The smallest absolute Gasteiger partial charge is 0.126 e. The zero-order valence-corrected chi connectivity index (χ0v) is 13.5. The second kappa shape index (κ2) is 8.22. The molecule has 0 bridgehead atoms. The van der Waals surface area contributed by atoms with Gasteiger partial charge in [-0.15, -0.1) is 0 Å². The number of aromatic nitrogens is 1. The predicted molar refractivity (Wildman–Crippen MR) is 85.2 cm³/mol. The Balaban J connectivity index is 2.75. The summed E-state index contributed by atoms with van der Waals surface area (Å²) in [5.41, 5.74) is 2.55. The topological polar surface area (TPSA) is 46.2 Å². The van der Waals surface area contributed by atoms with Gasteiger partial charge in [0, 0.05) is 31.4 Å². The van der Waals surface area contributed by atoms with E-state index in [1.807, 2.05) is 0 Å². The van der Waals surface area contributed by atoms with Crippen molar-refractivity contribution in [1.82, 2.24) is 10.3 Å². The largest absolute Gasteiger partial charge is 0.383 e. The fourth-order valence-electron chi connectivity index (χ4n) is 1.88. The Morgan fingerprint density at radius 3 is 2.60 bits per heavy atom. The van der Waals surface area contributed by atoms with Crippen molar-refractivity contribution >= 4 is 5.82 Å². The van der Waals surface area contributed by atoms with Crippen molar-refractivity contribution in [2.24, 2.45) is 0 Å². The molecular formula is C16H29N3O. The zero-order chi connectivity index (χ0) is 15.0. The van der Waals surface area contributed by atoms with E-state index in [-0.39, 0.29) is 5.54 Å². The molecule has 0 fully saturated rings. The molecule has 4 nitrogen and oxygen atoms in total. The van der Waals surface area contributed by atoms with Gasteiger partial charge >= 0.3 is 0 Å². The molecule has 114 valence electrons. The van der Waals surface area contributed by atoms with Crippen molar-refractivity contribution in [2.45, 2.75) is 52.6 Å². The Bertz CT molecular complexity index is 399. The number of rotatable bonds is 8. The average molecular weight is 279 g/mol. The van der Waals surface area contributed by atoms with Crippen LogP contribution in [0.1, 0.15) is 45.4 Å². The number of hydrogen-bond acceptors (Lipinski definition) is 4. The van der Waals surface area contributed by atoms with Gasteiger partial charge in [0.2, 0.25) is 0 Å². The average Bonchev–Trinajstić information content (AvgIpc) is 2.36. The van der Waals surface area contributed by atoms with Crippen LogP contribution in [0.3, 0.4) is 0 Å². The third kappa shape index (κ3) is 6.87. The minimum absolute atomic E-state index is 0.123. The molecule has 20 heavy (non-hydrogen) atoms. The van der Waals surface area contributed by atoms with E-state index in [1.165, 1.54) is 5.56 Å². The van der Waals surface area contributed by atoms with E-state index in [4.69, 9.17) is 4.74 Å². The molecular weight excluding hydrogens is 250 g/mol. The zero-order valence-electron chi connectivity index (χ0n) is 13.5. The molecule has 1 aromatic rings. The maximum Gasteiger partial charge on any atom is 0.126 e. The fraction of sp³-hybridized carbons (Fsp3) is 0.688. The molecule has 1 aromatic heterocycles. The maximum absolute atomic E-state index is 5.06. The summed E-state index contributed by atoms with van der Waals surface area (Å²) in [5, 5.41) is 6.84. The highest BCUT2D eigenvalue weighted by Gasteiger charge is 2.09. The molecule has 2 N–H and O–H groups in total. The van der Waals surface area contributed by atoms with Crippen LogP contribution in [0.25, 0.3) is 0 Å². The SMILES string of the molecule is CCCc1cc(CNC(C)(C)C)cc(NCCOC)n1. The Morgan fingerprint density at radius 1 is 1.25 bits per heavy atom. The molecule has 0 saturated heterocycles. The Hall–Kier alpha value is -1.13. The summed E-state index contributed by atoms with van der Waals surface area (Å²) < 4.78 is 5.06. The summed E-state index contributed by atoms with van der Waals surface area (Å²) in [6.45, 7) is 11.1. The second-order valence-electron chi connectivity index (χ2n) is 6.13. The summed E-state index contributed by atoms with van der Waals surface area (Å²) >= 11 is 0. The lowest BCUT2D eigenvalue weighted by atomic mass is 10.1. The minimum atomic E-state index is 0.123. The van der Waals surface area contributed by atoms with E-state index in [0.29, 0.717) is 6.61 Å². The molecule has 1 heterocycles. The summed E-state index contributed by atoms with van der Waals surface area (Å²) in [7, 11) is 1.71. The minimum Gasteiger partial charge on any atom is -0.383 e. The molecule has 0 aliphatic carbocycles. The van der Waals surface area contributed by atoms with Crippen molar-refractivity contribution in [3.05, 3.63) is 23.4 Å². The number of pyridine rings is 1. The van der Waals surface area contributed by atoms with Gasteiger partial charge in [0.15, 0.2) is 0 Å². The van der Waals surface area contributed by atoms with Gasteiger partial charge in [-0.3, -0.25) is 0 Å². The number of anilines is 1. The summed E-state index contributed by atoms with van der Waals surface area (Å²) in [6.07, 6.45) is 2.13. The van der Waals surface area contributed by atoms with E-state index in [9.17, 15) is 0 Å². The van der Waals surface area contributed by atoms with Gasteiger partial charge in [-0.2, -0.15) is 0 Å². The Morgan fingerprint density at radius 2 is 2.00 bits per heavy atom. The van der Waals surface area contributed by atoms with Crippen LogP contribution in [0.2, 0.25) is 0 Å². The first-order valence-electron chi connectivity index (χ1n) is 7.42. The molecule has 0 atom stereocenters. The van der Waals surface area contributed by atoms with E-state index in [1.54, 1.807) is 7.11 Å². The maximum atomic E-state index is 5.06.